The maximum atomic E-state index is 12.6. The topological polar surface area (TPSA) is 159 Å². The van der Waals surface area contributed by atoms with Crippen LogP contribution in [0.4, 0.5) is 15.3 Å². The van der Waals surface area contributed by atoms with Crippen LogP contribution in [0.1, 0.15) is 65.0 Å². The van der Waals surface area contributed by atoms with Gasteiger partial charge in [0.25, 0.3) is 0 Å². The van der Waals surface area contributed by atoms with E-state index < -0.39 is 41.3 Å². The van der Waals surface area contributed by atoms with Crippen molar-refractivity contribution >= 4 is 41.4 Å². The fourth-order valence-corrected chi connectivity index (χ4v) is 4.80. The number of carbonyl (C=O) groups is 3. The number of anilines is 1. The van der Waals surface area contributed by atoms with Crippen molar-refractivity contribution in [2.45, 2.75) is 83.3 Å². The zero-order valence-corrected chi connectivity index (χ0v) is 24.5. The van der Waals surface area contributed by atoms with Crippen molar-refractivity contribution in [2.75, 3.05) is 5.32 Å². The Balaban J connectivity index is 1.87. The van der Waals surface area contributed by atoms with Crippen molar-refractivity contribution in [1.29, 1.82) is 0 Å². The van der Waals surface area contributed by atoms with Gasteiger partial charge in [0.2, 0.25) is 5.96 Å². The summed E-state index contributed by atoms with van der Waals surface area (Å²) >= 11 is 6.71. The highest BCUT2D eigenvalue weighted by molar-refractivity contribution is 6.34. The number of hydrogen-bond donors (Lipinski definition) is 5. The molecule has 12 heteroatoms. The second-order valence-electron chi connectivity index (χ2n) is 11.5. The molecule has 0 unspecified atom stereocenters. The van der Waals surface area contributed by atoms with E-state index in [4.69, 9.17) is 21.1 Å². The number of hydrogen-bond acceptors (Lipinski definition) is 7. The summed E-state index contributed by atoms with van der Waals surface area (Å²) in [6, 6.07) is 13.6. The number of halogens is 1. The molecule has 5 N–H and O–H groups in total. The maximum absolute atomic E-state index is 12.6. The molecule has 41 heavy (non-hydrogen) atoms. The van der Waals surface area contributed by atoms with E-state index in [1.807, 2.05) is 30.3 Å². The monoisotopic (exact) mass is 588 g/mol. The molecule has 0 bridgehead atoms. The lowest BCUT2D eigenvalue weighted by Crippen LogP contribution is -2.54. The standard InChI is InChI=1S/C29H37ClN4O7/c1-27(2,3)41-26(38)33-24(31-19-14-28(4,39)15-19)34-29(5,16-22(35)36)20-12-9-13-21(23(20)30)32-25(37)40-17-18-10-7-6-8-11-18/h6-13,19,39H,14-17H2,1-5H3,(H,32,37)(H,35,36)(H2,31,33,34,38)/t19?,28?,29-/m0/s1. The van der Waals surface area contributed by atoms with Crippen LogP contribution in [0.2, 0.25) is 5.02 Å². The van der Waals surface area contributed by atoms with Crippen LogP contribution < -0.4 is 16.0 Å². The van der Waals surface area contributed by atoms with Crippen LogP contribution in [-0.2, 0) is 26.4 Å². The zero-order valence-electron chi connectivity index (χ0n) is 23.8. The molecule has 1 atom stereocenters. The van der Waals surface area contributed by atoms with E-state index in [-0.39, 0.29) is 29.3 Å². The van der Waals surface area contributed by atoms with Crippen LogP contribution in [0.15, 0.2) is 53.5 Å². The van der Waals surface area contributed by atoms with Crippen molar-refractivity contribution in [3.63, 3.8) is 0 Å². The van der Waals surface area contributed by atoms with Crippen LogP contribution in [0, 0.1) is 0 Å². The summed E-state index contributed by atoms with van der Waals surface area (Å²) < 4.78 is 10.6. The molecule has 0 radical (unpaired) electrons. The average Bonchev–Trinajstić information content (AvgIpc) is 2.81. The molecule has 1 aliphatic carbocycles. The predicted molar refractivity (Wildman–Crippen MR) is 155 cm³/mol. The Morgan fingerprint density at radius 2 is 1.71 bits per heavy atom. The number of aliphatic carboxylic acids is 1. The van der Waals surface area contributed by atoms with Gasteiger partial charge in [-0.15, -0.1) is 0 Å². The summed E-state index contributed by atoms with van der Waals surface area (Å²) in [6.07, 6.45) is -1.29. The zero-order chi connectivity index (χ0) is 30.4. The van der Waals surface area contributed by atoms with E-state index in [1.54, 1.807) is 52.8 Å². The summed E-state index contributed by atoms with van der Waals surface area (Å²) in [4.78, 5) is 41.6. The highest BCUT2D eigenvalue weighted by atomic mass is 35.5. The Kier molecular flexibility index (Phi) is 9.88. The minimum Gasteiger partial charge on any atom is -0.481 e. The molecule has 1 aliphatic rings. The fraction of sp³-hybridized carbons (Fsp3) is 0.448. The van der Waals surface area contributed by atoms with Gasteiger partial charge >= 0.3 is 18.2 Å². The Hall–Kier alpha value is -3.83. The number of aliphatic imine (C=N–C) groups is 1. The number of amides is 2. The van der Waals surface area contributed by atoms with Crippen molar-refractivity contribution in [3.8, 4) is 0 Å². The predicted octanol–water partition coefficient (Wildman–Crippen LogP) is 5.16. The molecule has 2 amide bonds. The molecule has 0 aromatic heterocycles. The van der Waals surface area contributed by atoms with Crippen molar-refractivity contribution in [3.05, 3.63) is 64.7 Å². The van der Waals surface area contributed by atoms with Crippen molar-refractivity contribution in [1.82, 2.24) is 10.6 Å². The molecule has 0 heterocycles. The smallest absolute Gasteiger partial charge is 0.414 e. The van der Waals surface area contributed by atoms with Gasteiger partial charge in [0.05, 0.1) is 34.3 Å². The molecule has 11 nitrogen and oxygen atoms in total. The molecular weight excluding hydrogens is 552 g/mol. The largest absolute Gasteiger partial charge is 0.481 e. The van der Waals surface area contributed by atoms with Crippen LogP contribution in [0.3, 0.4) is 0 Å². The van der Waals surface area contributed by atoms with Gasteiger partial charge in [0.1, 0.15) is 12.2 Å². The molecule has 0 spiro atoms. The van der Waals surface area contributed by atoms with Crippen LogP contribution >= 0.6 is 11.6 Å². The van der Waals surface area contributed by atoms with E-state index in [1.165, 1.54) is 0 Å². The van der Waals surface area contributed by atoms with Gasteiger partial charge in [-0.1, -0.05) is 54.1 Å². The molecule has 0 saturated heterocycles. The van der Waals surface area contributed by atoms with Crippen LogP contribution in [0.5, 0.6) is 0 Å². The Labute approximate surface area is 244 Å². The summed E-state index contributed by atoms with van der Waals surface area (Å²) in [7, 11) is 0. The Morgan fingerprint density at radius 3 is 2.29 bits per heavy atom. The Bertz CT molecular complexity index is 1290. The van der Waals surface area contributed by atoms with E-state index >= 15 is 0 Å². The lowest BCUT2D eigenvalue weighted by molar-refractivity contribution is -0.138. The second kappa shape index (κ2) is 12.8. The Morgan fingerprint density at radius 1 is 1.05 bits per heavy atom. The molecule has 0 aliphatic heterocycles. The summed E-state index contributed by atoms with van der Waals surface area (Å²) in [5, 5.41) is 28.2. The lowest BCUT2D eigenvalue weighted by Gasteiger charge is -2.39. The first-order valence-electron chi connectivity index (χ1n) is 13.1. The highest BCUT2D eigenvalue weighted by Crippen LogP contribution is 2.37. The third-order valence-corrected chi connectivity index (χ3v) is 6.63. The van der Waals surface area contributed by atoms with Gasteiger partial charge in [-0.2, -0.15) is 0 Å². The number of aliphatic hydroxyl groups is 1. The fourth-order valence-electron chi connectivity index (χ4n) is 4.42. The maximum Gasteiger partial charge on any atom is 0.414 e. The number of guanidine groups is 1. The quantitative estimate of drug-likeness (QED) is 0.209. The van der Waals surface area contributed by atoms with E-state index in [0.717, 1.165) is 5.56 Å². The van der Waals surface area contributed by atoms with Gasteiger partial charge in [0, 0.05) is 0 Å². The summed E-state index contributed by atoms with van der Waals surface area (Å²) in [6.45, 7) is 8.44. The summed E-state index contributed by atoms with van der Waals surface area (Å²) in [5.41, 5.74) is -1.75. The third kappa shape index (κ3) is 9.65. The number of nitrogens with zero attached hydrogens (tertiary/aromatic N) is 1. The number of alkyl carbamates (subject to hydrolysis) is 1. The third-order valence-electron chi connectivity index (χ3n) is 6.22. The molecule has 222 valence electrons. The number of rotatable bonds is 8. The molecule has 1 fully saturated rings. The van der Waals surface area contributed by atoms with Crippen LogP contribution in [0.25, 0.3) is 0 Å². The first-order valence-corrected chi connectivity index (χ1v) is 13.5. The first kappa shape index (κ1) is 31.7. The van der Waals surface area contributed by atoms with Gasteiger partial charge in [-0.25, -0.2) is 14.6 Å². The van der Waals surface area contributed by atoms with Crippen LogP contribution in [-0.4, -0.2) is 51.6 Å². The van der Waals surface area contributed by atoms with Gasteiger partial charge in [-0.05, 0) is 64.7 Å². The van der Waals surface area contributed by atoms with E-state index in [0.29, 0.717) is 18.4 Å². The van der Waals surface area contributed by atoms with Gasteiger partial charge in [-0.3, -0.25) is 15.4 Å². The second-order valence-corrected chi connectivity index (χ2v) is 11.9. The number of carbonyl (C=O) groups excluding carboxylic acids is 2. The number of carboxylic acid groups (broad SMARTS) is 1. The first-order chi connectivity index (χ1) is 19.1. The van der Waals surface area contributed by atoms with Crippen molar-refractivity contribution in [2.24, 2.45) is 4.99 Å². The minimum absolute atomic E-state index is 0.0415. The molecular formula is C29H37ClN4O7. The number of nitrogens with one attached hydrogen (secondary N) is 3. The summed E-state index contributed by atoms with van der Waals surface area (Å²) in [5.74, 6) is -1.19. The number of carboxylic acids is 1. The van der Waals surface area contributed by atoms with Crippen molar-refractivity contribution < 1.29 is 34.1 Å². The van der Waals surface area contributed by atoms with E-state index in [9.17, 15) is 24.6 Å². The van der Waals surface area contributed by atoms with Gasteiger partial charge < -0.3 is 25.0 Å². The minimum atomic E-state index is -1.41. The SMILES string of the molecule is CC1(O)CC(N=C(NC(=O)OC(C)(C)C)N[C@@](C)(CC(=O)O)c2cccc(NC(=O)OCc3ccccc3)c2Cl)C1. The van der Waals surface area contributed by atoms with E-state index in [2.05, 4.69) is 20.9 Å². The molecule has 1 saturated carbocycles. The lowest BCUT2D eigenvalue weighted by atomic mass is 9.78. The highest BCUT2D eigenvalue weighted by Gasteiger charge is 2.40. The normalized spacial score (nSPS) is 20.2. The number of benzene rings is 2. The number of ether oxygens (including phenoxy) is 2. The molecule has 2 aromatic rings. The van der Waals surface area contributed by atoms with Gasteiger partial charge in [0.15, 0.2) is 0 Å². The molecule has 3 rings (SSSR count). The average molecular weight is 589 g/mol. The molecule has 2 aromatic carbocycles.